The largest absolute Gasteiger partial charge is 0.249 e. The summed E-state index contributed by atoms with van der Waals surface area (Å²) in [4.78, 5) is 1.75. The third-order valence-corrected chi connectivity index (χ3v) is 6.20. The van der Waals surface area contributed by atoms with E-state index in [4.69, 9.17) is 0 Å². The topological polar surface area (TPSA) is 0 Å². The van der Waals surface area contributed by atoms with Crippen LogP contribution in [0.3, 0.4) is 0 Å². The first-order chi connectivity index (χ1) is 6.73. The molecule has 86 valence electrons. The molecule has 15 heavy (non-hydrogen) atoms. The summed E-state index contributed by atoms with van der Waals surface area (Å²) in [7, 11) is 0. The number of hydrogen-bond acceptors (Lipinski definition) is 1. The number of halogens is 4. The molecule has 0 nitrogen and oxygen atoms in total. The lowest BCUT2D eigenvalue weighted by Gasteiger charge is -2.23. The molecule has 0 aliphatic carbocycles. The van der Waals surface area contributed by atoms with Crippen LogP contribution in [-0.4, -0.2) is 5.92 Å². The summed E-state index contributed by atoms with van der Waals surface area (Å²) in [6, 6.07) is 1.90. The Bertz CT molecular complexity index is 324. The van der Waals surface area contributed by atoms with Gasteiger partial charge in [0, 0.05) is 20.1 Å². The minimum Gasteiger partial charge on any atom is -0.207 e. The van der Waals surface area contributed by atoms with Gasteiger partial charge in [-0.1, -0.05) is 22.9 Å². The van der Waals surface area contributed by atoms with E-state index >= 15 is 0 Å². The Kier molecular flexibility index (Phi) is 4.35. The van der Waals surface area contributed by atoms with E-state index in [0.717, 1.165) is 21.2 Å². The van der Waals surface area contributed by atoms with Crippen molar-refractivity contribution in [3.63, 3.8) is 0 Å². The Labute approximate surface area is 109 Å². The lowest BCUT2D eigenvalue weighted by atomic mass is 10.0. The van der Waals surface area contributed by atoms with Crippen molar-refractivity contribution in [2.75, 3.05) is 0 Å². The van der Waals surface area contributed by atoms with Crippen LogP contribution >= 0.6 is 43.2 Å². The molecule has 0 fully saturated rings. The zero-order valence-corrected chi connectivity index (χ0v) is 12.6. The van der Waals surface area contributed by atoms with Crippen molar-refractivity contribution in [2.45, 2.75) is 31.5 Å². The molecule has 0 saturated carbocycles. The van der Waals surface area contributed by atoms with E-state index in [1.54, 1.807) is 6.92 Å². The summed E-state index contributed by atoms with van der Waals surface area (Å²) in [5.74, 6) is -3.39. The molecule has 1 aromatic heterocycles. The van der Waals surface area contributed by atoms with Crippen LogP contribution < -0.4 is 0 Å². The predicted molar refractivity (Wildman–Crippen MR) is 68.2 cm³/mol. The Morgan fingerprint density at radius 1 is 1.47 bits per heavy atom. The van der Waals surface area contributed by atoms with E-state index < -0.39 is 11.8 Å². The van der Waals surface area contributed by atoms with Crippen molar-refractivity contribution in [2.24, 2.45) is 5.92 Å². The van der Waals surface area contributed by atoms with Crippen molar-refractivity contribution >= 4 is 43.2 Å². The van der Waals surface area contributed by atoms with E-state index in [9.17, 15) is 8.78 Å². The van der Waals surface area contributed by atoms with Crippen LogP contribution in [0.5, 0.6) is 0 Å². The zero-order valence-electron chi connectivity index (χ0n) is 8.65. The fraction of sp³-hybridized carbons (Fsp3) is 0.600. The Morgan fingerprint density at radius 2 is 2.00 bits per heavy atom. The highest BCUT2D eigenvalue weighted by Crippen LogP contribution is 2.43. The molecule has 0 bridgehead atoms. The molecule has 1 heterocycles. The summed E-state index contributed by atoms with van der Waals surface area (Å²) in [6.45, 7) is 4.48. The van der Waals surface area contributed by atoms with Crippen molar-refractivity contribution in [3.8, 4) is 0 Å². The Morgan fingerprint density at radius 3 is 2.33 bits per heavy atom. The van der Waals surface area contributed by atoms with Gasteiger partial charge in [-0.3, -0.25) is 0 Å². The minimum absolute atomic E-state index is 0.299. The number of hydrogen-bond donors (Lipinski definition) is 0. The first kappa shape index (κ1) is 13.6. The molecule has 5 heteroatoms. The molecule has 2 atom stereocenters. The number of thiophene rings is 1. The first-order valence-corrected chi connectivity index (χ1v) is 7.03. The highest BCUT2D eigenvalue weighted by Gasteiger charge is 2.36. The van der Waals surface area contributed by atoms with Gasteiger partial charge in [0.1, 0.15) is 0 Å². The van der Waals surface area contributed by atoms with Gasteiger partial charge in [-0.05, 0) is 35.8 Å². The lowest BCUT2D eigenvalue weighted by molar-refractivity contribution is -0.0321. The van der Waals surface area contributed by atoms with E-state index in [1.807, 2.05) is 13.0 Å². The van der Waals surface area contributed by atoms with Gasteiger partial charge < -0.3 is 0 Å². The summed E-state index contributed by atoms with van der Waals surface area (Å²) in [6.07, 6.45) is 0. The maximum Gasteiger partial charge on any atom is 0.249 e. The first-order valence-electron chi connectivity index (χ1n) is 4.51. The van der Waals surface area contributed by atoms with Crippen LogP contribution in [0.2, 0.25) is 0 Å². The van der Waals surface area contributed by atoms with Gasteiger partial charge in [-0.25, -0.2) is 8.78 Å². The molecule has 0 aliphatic rings. The van der Waals surface area contributed by atoms with Crippen LogP contribution in [-0.2, 0) is 0 Å². The zero-order chi connectivity index (χ0) is 11.8. The number of alkyl halides is 3. The molecule has 0 amide bonds. The molecule has 0 saturated heterocycles. The van der Waals surface area contributed by atoms with Gasteiger partial charge in [-0.2, -0.15) is 0 Å². The summed E-state index contributed by atoms with van der Waals surface area (Å²) in [5.41, 5.74) is 0. The fourth-order valence-electron chi connectivity index (χ4n) is 1.12. The normalized spacial score (nSPS) is 16.5. The second-order valence-electron chi connectivity index (χ2n) is 3.70. The van der Waals surface area contributed by atoms with Gasteiger partial charge in [0.25, 0.3) is 0 Å². The highest BCUT2D eigenvalue weighted by atomic mass is 79.9. The number of aryl methyl sites for hydroxylation is 1. The smallest absolute Gasteiger partial charge is 0.207 e. The molecule has 2 unspecified atom stereocenters. The van der Waals surface area contributed by atoms with Crippen LogP contribution in [0.15, 0.2) is 10.5 Å². The quantitative estimate of drug-likeness (QED) is 0.619. The van der Waals surface area contributed by atoms with Gasteiger partial charge in [0.2, 0.25) is 5.92 Å². The van der Waals surface area contributed by atoms with E-state index in [-0.39, 0.29) is 4.83 Å². The standard InChI is InChI=1S/C10H12Br2F2S/c1-5(10(3,13)14)9(12)8-4-7(11)6(2)15-8/h4-5,9H,1-3H3. The van der Waals surface area contributed by atoms with Crippen LogP contribution in [0, 0.1) is 12.8 Å². The molecular formula is C10H12Br2F2S. The monoisotopic (exact) mass is 360 g/mol. The SMILES string of the molecule is Cc1sc(C(Br)C(C)C(C)(F)F)cc1Br. The average Bonchev–Trinajstić information content (AvgIpc) is 2.43. The van der Waals surface area contributed by atoms with E-state index in [0.29, 0.717) is 0 Å². The van der Waals surface area contributed by atoms with E-state index in [1.165, 1.54) is 11.3 Å². The molecular weight excluding hydrogens is 350 g/mol. The number of rotatable bonds is 3. The second kappa shape index (κ2) is 4.80. The minimum atomic E-state index is -2.67. The summed E-state index contributed by atoms with van der Waals surface area (Å²) in [5, 5.41) is 0. The third kappa shape index (κ3) is 3.24. The molecule has 0 spiro atoms. The summed E-state index contributed by atoms with van der Waals surface area (Å²) >= 11 is 8.27. The van der Waals surface area contributed by atoms with E-state index in [2.05, 4.69) is 31.9 Å². The van der Waals surface area contributed by atoms with Gasteiger partial charge in [0.15, 0.2) is 0 Å². The molecule has 0 radical (unpaired) electrons. The molecule has 0 aliphatic heterocycles. The van der Waals surface area contributed by atoms with Crippen molar-refractivity contribution < 1.29 is 8.78 Å². The Balaban J connectivity index is 2.90. The molecule has 0 aromatic carbocycles. The van der Waals surface area contributed by atoms with Crippen LogP contribution in [0.25, 0.3) is 0 Å². The molecule has 1 aromatic rings. The van der Waals surface area contributed by atoms with Gasteiger partial charge in [-0.15, -0.1) is 11.3 Å². The predicted octanol–water partition coefficient (Wildman–Crippen LogP) is 5.55. The molecule has 0 N–H and O–H groups in total. The van der Waals surface area contributed by atoms with Crippen molar-refractivity contribution in [3.05, 3.63) is 20.3 Å². The van der Waals surface area contributed by atoms with Gasteiger partial charge >= 0.3 is 0 Å². The maximum atomic E-state index is 13.1. The average molecular weight is 362 g/mol. The lowest BCUT2D eigenvalue weighted by Crippen LogP contribution is -2.24. The maximum absolute atomic E-state index is 13.1. The van der Waals surface area contributed by atoms with Crippen LogP contribution in [0.4, 0.5) is 8.78 Å². The summed E-state index contributed by atoms with van der Waals surface area (Å²) < 4.78 is 27.2. The highest BCUT2D eigenvalue weighted by molar-refractivity contribution is 9.10. The van der Waals surface area contributed by atoms with Crippen LogP contribution in [0.1, 0.15) is 28.4 Å². The Hall–Kier alpha value is 0.520. The molecule has 1 rings (SSSR count). The van der Waals surface area contributed by atoms with Gasteiger partial charge in [0.05, 0.1) is 4.83 Å². The van der Waals surface area contributed by atoms with Crippen molar-refractivity contribution in [1.29, 1.82) is 0 Å². The fourth-order valence-corrected chi connectivity index (χ4v) is 3.64. The second-order valence-corrected chi connectivity index (χ2v) is 6.83. The van der Waals surface area contributed by atoms with Crippen molar-refractivity contribution in [1.82, 2.24) is 0 Å². The third-order valence-electron chi connectivity index (χ3n) is 2.39.